The molecule has 1 aromatic carbocycles. The molecule has 1 saturated heterocycles. The molecule has 6 nitrogen and oxygen atoms in total. The minimum absolute atomic E-state index is 0.149. The van der Waals surface area contributed by atoms with Crippen molar-refractivity contribution >= 4 is 18.1 Å². The number of hydrogen-bond donors (Lipinski definition) is 2. The van der Waals surface area contributed by atoms with Crippen LogP contribution in [0.1, 0.15) is 77.3 Å². The third kappa shape index (κ3) is 7.08. The normalized spacial score (nSPS) is 19.8. The van der Waals surface area contributed by atoms with Gasteiger partial charge in [-0.2, -0.15) is 0 Å². The van der Waals surface area contributed by atoms with Crippen LogP contribution in [0.15, 0.2) is 18.2 Å². The van der Waals surface area contributed by atoms with Gasteiger partial charge in [-0.05, 0) is 67.3 Å². The highest BCUT2D eigenvalue weighted by atomic mass is 19.1. The Morgan fingerprint density at radius 1 is 1.26 bits per heavy atom. The number of benzene rings is 1. The molecule has 8 heteroatoms. The van der Waals surface area contributed by atoms with E-state index in [4.69, 9.17) is 0 Å². The molecule has 34 heavy (non-hydrogen) atoms. The fourth-order valence-electron chi connectivity index (χ4n) is 4.07. The maximum atomic E-state index is 13.8. The molecule has 3 rings (SSSR count). The fraction of sp³-hybridized carbons (Fsp3) is 0.654. The number of nitrogens with zero attached hydrogens (tertiary/aromatic N) is 1. The molecule has 2 unspecified atom stereocenters. The molecule has 2 amide bonds. The molecular weight excluding hydrogens is 440 g/mol. The molecule has 0 radical (unpaired) electrons. The summed E-state index contributed by atoms with van der Waals surface area (Å²) in [6.45, 7) is 10.9. The van der Waals surface area contributed by atoms with Gasteiger partial charge in [0.25, 0.3) is 5.91 Å². The van der Waals surface area contributed by atoms with Crippen molar-refractivity contribution in [2.24, 2.45) is 5.41 Å². The third-order valence-corrected chi connectivity index (χ3v) is 6.32. The molecule has 2 aliphatic rings. The van der Waals surface area contributed by atoms with E-state index in [0.717, 1.165) is 24.8 Å². The van der Waals surface area contributed by atoms with Gasteiger partial charge in [-0.1, -0.05) is 40.7 Å². The van der Waals surface area contributed by atoms with Crippen LogP contribution in [0.2, 0.25) is 0 Å². The summed E-state index contributed by atoms with van der Waals surface area (Å²) < 4.78 is 26.8. The lowest BCUT2D eigenvalue weighted by molar-refractivity contribution is -0.142. The smallest absolute Gasteiger partial charge is 0.258 e. The molecular formula is C26H39F2N3O3. The highest BCUT2D eigenvalue weighted by Crippen LogP contribution is 2.40. The summed E-state index contributed by atoms with van der Waals surface area (Å²) in [5, 5.41) is 5.64. The summed E-state index contributed by atoms with van der Waals surface area (Å²) in [4.78, 5) is 37.1. The van der Waals surface area contributed by atoms with Crippen LogP contribution in [0.5, 0.6) is 0 Å². The van der Waals surface area contributed by atoms with Crippen LogP contribution < -0.4 is 10.6 Å². The molecule has 2 fully saturated rings. The number of nitrogens with one attached hydrogen (secondary N) is 2. The van der Waals surface area contributed by atoms with Gasteiger partial charge < -0.3 is 20.3 Å². The Morgan fingerprint density at radius 3 is 2.41 bits per heavy atom. The van der Waals surface area contributed by atoms with Crippen molar-refractivity contribution in [3.05, 3.63) is 35.1 Å². The number of carbonyl (C=O) groups is 3. The summed E-state index contributed by atoms with van der Waals surface area (Å²) in [7, 11) is 1.90. The van der Waals surface area contributed by atoms with Crippen LogP contribution in [-0.4, -0.2) is 54.3 Å². The second kappa shape index (κ2) is 11.4. The van der Waals surface area contributed by atoms with E-state index in [1.807, 2.05) is 33.9 Å². The van der Waals surface area contributed by atoms with E-state index in [0.29, 0.717) is 18.9 Å². The van der Waals surface area contributed by atoms with Gasteiger partial charge in [0.1, 0.15) is 18.1 Å². The molecule has 0 spiro atoms. The third-order valence-electron chi connectivity index (χ3n) is 6.32. The number of halogens is 2. The minimum Gasteiger partial charge on any atom is -0.341 e. The Balaban J connectivity index is 0.000000270. The number of rotatable bonds is 7. The van der Waals surface area contributed by atoms with Crippen molar-refractivity contribution in [1.82, 2.24) is 15.5 Å². The van der Waals surface area contributed by atoms with Crippen molar-refractivity contribution in [1.29, 1.82) is 0 Å². The standard InChI is InChI=1S/C15H23FN2O3.C11H16FN/c1-14(2,3)11(17-13(21)15(16)6-7-15)12(20)18-8-4-5-10(18)9-19;1-8(2)11-6-10(12)5-4-9(11)7-13-3/h9-11H,4-8H2,1-3H3,(H,17,21);4-6,8,13H,7H2,1-3H3. The van der Waals surface area contributed by atoms with E-state index in [1.54, 1.807) is 6.07 Å². The van der Waals surface area contributed by atoms with Crippen LogP contribution in [-0.2, 0) is 20.9 Å². The van der Waals surface area contributed by atoms with Crippen molar-refractivity contribution in [3.8, 4) is 0 Å². The quantitative estimate of drug-likeness (QED) is 0.582. The van der Waals surface area contributed by atoms with Crippen molar-refractivity contribution in [3.63, 3.8) is 0 Å². The largest absolute Gasteiger partial charge is 0.341 e. The molecule has 2 N–H and O–H groups in total. The van der Waals surface area contributed by atoms with Gasteiger partial charge in [0.05, 0.1) is 6.04 Å². The zero-order valence-electron chi connectivity index (χ0n) is 21.2. The predicted molar refractivity (Wildman–Crippen MR) is 129 cm³/mol. The highest BCUT2D eigenvalue weighted by molar-refractivity contribution is 5.94. The van der Waals surface area contributed by atoms with Crippen LogP contribution in [0.3, 0.4) is 0 Å². The molecule has 1 aliphatic heterocycles. The first-order chi connectivity index (χ1) is 15.8. The number of likely N-dealkylation sites (tertiary alicyclic amines) is 1. The van der Waals surface area contributed by atoms with Crippen LogP contribution in [0, 0.1) is 11.2 Å². The van der Waals surface area contributed by atoms with Crippen LogP contribution in [0.4, 0.5) is 8.78 Å². The molecule has 1 saturated carbocycles. The number of amides is 2. The van der Waals surface area contributed by atoms with Crippen molar-refractivity contribution in [2.45, 2.75) is 90.5 Å². The maximum absolute atomic E-state index is 13.8. The van der Waals surface area contributed by atoms with E-state index in [-0.39, 0.29) is 24.6 Å². The molecule has 1 heterocycles. The SMILES string of the molecule is CC(C)(C)C(NC(=O)C1(F)CC1)C(=O)N1CCCC1C=O.CNCc1ccc(F)cc1C(C)C. The summed E-state index contributed by atoms with van der Waals surface area (Å²) in [5.74, 6) is -0.782. The van der Waals surface area contributed by atoms with Gasteiger partial charge in [0.2, 0.25) is 5.91 Å². The number of alkyl halides is 1. The monoisotopic (exact) mass is 479 g/mol. The maximum Gasteiger partial charge on any atom is 0.258 e. The van der Waals surface area contributed by atoms with Gasteiger partial charge >= 0.3 is 0 Å². The Kier molecular flexibility index (Phi) is 9.34. The average Bonchev–Trinajstić information content (AvgIpc) is 3.33. The minimum atomic E-state index is -1.81. The van der Waals surface area contributed by atoms with Gasteiger partial charge in [-0.15, -0.1) is 0 Å². The Morgan fingerprint density at radius 2 is 1.91 bits per heavy atom. The predicted octanol–water partition coefficient (Wildman–Crippen LogP) is 3.88. The summed E-state index contributed by atoms with van der Waals surface area (Å²) in [6, 6.07) is 3.73. The summed E-state index contributed by atoms with van der Waals surface area (Å²) in [5.41, 5.74) is -0.0828. The number of hydrogen-bond acceptors (Lipinski definition) is 4. The first kappa shape index (κ1) is 27.9. The topological polar surface area (TPSA) is 78.5 Å². The number of aldehydes is 1. The van der Waals surface area contributed by atoms with Gasteiger partial charge in [0.15, 0.2) is 5.67 Å². The lowest BCUT2D eigenvalue weighted by Crippen LogP contribution is -2.57. The van der Waals surface area contributed by atoms with Gasteiger partial charge in [0, 0.05) is 13.1 Å². The fourth-order valence-corrected chi connectivity index (χ4v) is 4.07. The average molecular weight is 480 g/mol. The van der Waals surface area contributed by atoms with Crippen LogP contribution >= 0.6 is 0 Å². The second-order valence-electron chi connectivity index (χ2n) is 10.6. The van der Waals surface area contributed by atoms with Gasteiger partial charge in [-0.25, -0.2) is 8.78 Å². The molecule has 190 valence electrons. The molecule has 2 atom stereocenters. The Hall–Kier alpha value is -2.35. The van der Waals surface area contributed by atoms with Crippen molar-refractivity contribution in [2.75, 3.05) is 13.6 Å². The van der Waals surface area contributed by atoms with E-state index in [1.165, 1.54) is 16.5 Å². The number of carbonyl (C=O) groups excluding carboxylic acids is 3. The second-order valence-corrected chi connectivity index (χ2v) is 10.6. The molecule has 1 aromatic rings. The Bertz CT molecular complexity index is 879. The first-order valence-electron chi connectivity index (χ1n) is 12.0. The van der Waals surface area contributed by atoms with E-state index in [2.05, 4.69) is 24.5 Å². The highest BCUT2D eigenvalue weighted by Gasteiger charge is 2.52. The summed E-state index contributed by atoms with van der Waals surface area (Å²) in [6.07, 6.45) is 2.61. The molecule has 0 bridgehead atoms. The van der Waals surface area contributed by atoms with Crippen molar-refractivity contribution < 1.29 is 23.2 Å². The lowest BCUT2D eigenvalue weighted by Gasteiger charge is -2.35. The van der Waals surface area contributed by atoms with Gasteiger partial charge in [-0.3, -0.25) is 9.59 Å². The molecule has 1 aliphatic carbocycles. The van der Waals surface area contributed by atoms with Crippen LogP contribution in [0.25, 0.3) is 0 Å². The zero-order valence-corrected chi connectivity index (χ0v) is 21.2. The Labute approximate surface area is 201 Å². The van der Waals surface area contributed by atoms with E-state index in [9.17, 15) is 23.2 Å². The van der Waals surface area contributed by atoms with E-state index < -0.39 is 29.1 Å². The lowest BCUT2D eigenvalue weighted by atomic mass is 9.85. The molecule has 0 aromatic heterocycles. The summed E-state index contributed by atoms with van der Waals surface area (Å²) >= 11 is 0. The first-order valence-corrected chi connectivity index (χ1v) is 12.0. The zero-order chi connectivity index (χ0) is 25.7. The van der Waals surface area contributed by atoms with E-state index >= 15 is 0 Å².